The number of nitrogens with one attached hydrogen (secondary N) is 1. The minimum Gasteiger partial charge on any atom is -0.491 e. The van der Waals surface area contributed by atoms with Gasteiger partial charge in [-0.2, -0.15) is 23.4 Å². The van der Waals surface area contributed by atoms with E-state index in [1.165, 1.54) is 18.3 Å². The average molecular weight is 444 g/mol. The second-order valence-electron chi connectivity index (χ2n) is 7.20. The lowest BCUT2D eigenvalue weighted by molar-refractivity contribution is -0.139. The van der Waals surface area contributed by atoms with Crippen LogP contribution < -0.4 is 14.8 Å². The monoisotopic (exact) mass is 444 g/mol. The highest BCUT2D eigenvalue weighted by Gasteiger charge is 2.27. The molecule has 3 aromatic rings. The maximum Gasteiger partial charge on any atom is 0.392 e. The molecule has 0 aliphatic carbocycles. The van der Waals surface area contributed by atoms with E-state index in [0.29, 0.717) is 13.0 Å². The molecule has 32 heavy (non-hydrogen) atoms. The number of hydrogen-bond donors (Lipinski definition) is 1. The Morgan fingerprint density at radius 1 is 1.16 bits per heavy atom. The average Bonchev–Trinajstić information content (AvgIpc) is 2.79. The molecule has 1 N–H and O–H groups in total. The van der Waals surface area contributed by atoms with Gasteiger partial charge < -0.3 is 14.8 Å². The fourth-order valence-electron chi connectivity index (χ4n) is 3.36. The molecule has 0 saturated heterocycles. The highest BCUT2D eigenvalue weighted by molar-refractivity contribution is 5.94. The molecule has 0 radical (unpaired) electrons. The highest BCUT2D eigenvalue weighted by atomic mass is 19.4. The summed E-state index contributed by atoms with van der Waals surface area (Å²) in [5.74, 6) is 0.419. The van der Waals surface area contributed by atoms with Gasteiger partial charge in [-0.05, 0) is 23.8 Å². The van der Waals surface area contributed by atoms with Gasteiger partial charge >= 0.3 is 6.18 Å². The smallest absolute Gasteiger partial charge is 0.392 e. The first-order valence-corrected chi connectivity index (χ1v) is 9.87. The van der Waals surface area contributed by atoms with Crippen LogP contribution in [0.15, 0.2) is 55.0 Å². The predicted octanol–water partition coefficient (Wildman–Crippen LogP) is 3.60. The van der Waals surface area contributed by atoms with Gasteiger partial charge in [-0.25, -0.2) is 4.98 Å². The van der Waals surface area contributed by atoms with Crippen LogP contribution in [-0.2, 0) is 6.42 Å². The zero-order valence-corrected chi connectivity index (χ0v) is 16.8. The molecule has 0 unspecified atom stereocenters. The fourth-order valence-corrected chi connectivity index (χ4v) is 3.36. The Hall–Kier alpha value is -3.69. The largest absolute Gasteiger partial charge is 0.491 e. The third-order valence-electron chi connectivity index (χ3n) is 4.89. The number of nitrogens with zero attached hydrogens (tertiary/aromatic N) is 3. The van der Waals surface area contributed by atoms with Crippen molar-refractivity contribution in [3.05, 3.63) is 66.1 Å². The number of carbonyl (C=O) groups is 1. The molecule has 0 bridgehead atoms. The second-order valence-corrected chi connectivity index (χ2v) is 7.20. The number of pyridine rings is 1. The van der Waals surface area contributed by atoms with Crippen molar-refractivity contribution in [2.75, 3.05) is 13.2 Å². The molecule has 1 aromatic carbocycles. The molecule has 1 atom stereocenters. The predicted molar refractivity (Wildman–Crippen MR) is 108 cm³/mol. The van der Waals surface area contributed by atoms with E-state index >= 15 is 0 Å². The van der Waals surface area contributed by atoms with Crippen molar-refractivity contribution in [3.8, 4) is 22.8 Å². The number of ether oxygens (including phenoxy) is 2. The first-order valence-electron chi connectivity index (χ1n) is 9.87. The Kier molecular flexibility index (Phi) is 6.20. The van der Waals surface area contributed by atoms with Crippen LogP contribution in [0.1, 0.15) is 22.3 Å². The molecule has 10 heteroatoms. The zero-order chi connectivity index (χ0) is 22.6. The first kappa shape index (κ1) is 21.5. The van der Waals surface area contributed by atoms with Gasteiger partial charge in [0.1, 0.15) is 12.4 Å². The Morgan fingerprint density at radius 2 is 2.03 bits per heavy atom. The van der Waals surface area contributed by atoms with E-state index in [2.05, 4.69) is 20.5 Å². The topological polar surface area (TPSA) is 86.2 Å². The molecule has 2 aromatic heterocycles. The number of fused-ring (bicyclic) bond motifs is 1. The van der Waals surface area contributed by atoms with Crippen molar-refractivity contribution in [2.45, 2.75) is 25.1 Å². The molecule has 0 spiro atoms. The second kappa shape index (κ2) is 9.21. The van der Waals surface area contributed by atoms with Crippen LogP contribution >= 0.6 is 0 Å². The maximum atomic E-state index is 12.6. The lowest BCUT2D eigenvalue weighted by Gasteiger charge is -2.28. The summed E-state index contributed by atoms with van der Waals surface area (Å²) < 4.78 is 47.4. The molecule has 166 valence electrons. The van der Waals surface area contributed by atoms with Gasteiger partial charge in [-0.15, -0.1) is 0 Å². The van der Waals surface area contributed by atoms with Crippen LogP contribution in [0, 0.1) is 0 Å². The van der Waals surface area contributed by atoms with Crippen LogP contribution in [0.2, 0.25) is 0 Å². The van der Waals surface area contributed by atoms with E-state index in [-0.39, 0.29) is 23.4 Å². The molecule has 0 saturated carbocycles. The van der Waals surface area contributed by atoms with E-state index in [1.54, 1.807) is 12.4 Å². The van der Waals surface area contributed by atoms with Crippen LogP contribution in [0.5, 0.6) is 11.6 Å². The van der Waals surface area contributed by atoms with Crippen molar-refractivity contribution < 1.29 is 27.4 Å². The van der Waals surface area contributed by atoms with Crippen molar-refractivity contribution in [2.24, 2.45) is 0 Å². The minimum absolute atomic E-state index is 0.0244. The van der Waals surface area contributed by atoms with Gasteiger partial charge in [0, 0.05) is 29.8 Å². The number of benzene rings is 1. The maximum absolute atomic E-state index is 12.6. The SMILES string of the molecule is O=C(N[C@@H]1COc2cccc(-c3ccnnc3)c2C1)c1ccc(OCCC(F)(F)F)nc1. The number of carbonyl (C=O) groups excluding carboxylic acids is 1. The van der Waals surface area contributed by atoms with Crippen LogP contribution in [0.4, 0.5) is 13.2 Å². The van der Waals surface area contributed by atoms with E-state index in [9.17, 15) is 18.0 Å². The van der Waals surface area contributed by atoms with Crippen molar-refractivity contribution in [3.63, 3.8) is 0 Å². The summed E-state index contributed by atoms with van der Waals surface area (Å²) >= 11 is 0. The molecular weight excluding hydrogens is 425 g/mol. The molecule has 1 amide bonds. The Morgan fingerprint density at radius 3 is 2.75 bits per heavy atom. The summed E-state index contributed by atoms with van der Waals surface area (Å²) in [6, 6.07) is 10.2. The summed E-state index contributed by atoms with van der Waals surface area (Å²) in [7, 11) is 0. The minimum atomic E-state index is -4.30. The normalized spacial score (nSPS) is 15.4. The Labute approximate surface area is 181 Å². The molecule has 1 aliphatic heterocycles. The summed E-state index contributed by atoms with van der Waals surface area (Å²) in [5, 5.41) is 10.6. The Balaban J connectivity index is 1.39. The molecule has 7 nitrogen and oxygen atoms in total. The van der Waals surface area contributed by atoms with Crippen LogP contribution in [0.25, 0.3) is 11.1 Å². The Bertz CT molecular complexity index is 1080. The number of hydrogen-bond acceptors (Lipinski definition) is 6. The van der Waals surface area contributed by atoms with Crippen molar-refractivity contribution in [1.29, 1.82) is 0 Å². The van der Waals surface area contributed by atoms with Crippen molar-refractivity contribution >= 4 is 5.91 Å². The summed E-state index contributed by atoms with van der Waals surface area (Å²) in [5.41, 5.74) is 3.09. The number of rotatable bonds is 6. The van der Waals surface area contributed by atoms with Crippen molar-refractivity contribution in [1.82, 2.24) is 20.5 Å². The molecule has 1 aliphatic rings. The van der Waals surface area contributed by atoms with E-state index in [4.69, 9.17) is 9.47 Å². The fraction of sp³-hybridized carbons (Fsp3) is 0.273. The number of alkyl halides is 3. The molecule has 0 fully saturated rings. The molecular formula is C22H19F3N4O3. The van der Waals surface area contributed by atoms with Gasteiger partial charge in [0.15, 0.2) is 0 Å². The number of halogens is 3. The van der Waals surface area contributed by atoms with Gasteiger partial charge in [0.25, 0.3) is 5.91 Å². The molecule has 3 heterocycles. The first-order chi connectivity index (χ1) is 15.4. The quantitative estimate of drug-likeness (QED) is 0.625. The summed E-state index contributed by atoms with van der Waals surface area (Å²) in [6.07, 6.45) is -0.259. The van der Waals surface area contributed by atoms with Crippen LogP contribution in [0.3, 0.4) is 0 Å². The lowest BCUT2D eigenvalue weighted by Crippen LogP contribution is -2.42. The molecule has 4 rings (SSSR count). The summed E-state index contributed by atoms with van der Waals surface area (Å²) in [6.45, 7) is -0.223. The van der Waals surface area contributed by atoms with Crippen LogP contribution in [-0.4, -0.2) is 46.5 Å². The van der Waals surface area contributed by atoms with Gasteiger partial charge in [-0.3, -0.25) is 4.79 Å². The van der Waals surface area contributed by atoms with Gasteiger partial charge in [0.05, 0.1) is 37.0 Å². The van der Waals surface area contributed by atoms with Gasteiger partial charge in [0.2, 0.25) is 5.88 Å². The zero-order valence-electron chi connectivity index (χ0n) is 16.8. The third kappa shape index (κ3) is 5.32. The standard InChI is InChI=1S/C22H19F3N4O3/c23-22(24,25)7-9-31-20-5-4-15(11-26-20)21(30)29-16-10-18-17(14-6-8-27-28-12-14)2-1-3-19(18)32-13-16/h1-6,8,11-12,16H,7,9-10,13H2,(H,29,30)/t16-/m0/s1. The summed E-state index contributed by atoms with van der Waals surface area (Å²) in [4.78, 5) is 16.5. The van der Waals surface area contributed by atoms with Gasteiger partial charge in [-0.1, -0.05) is 12.1 Å². The number of amides is 1. The highest BCUT2D eigenvalue weighted by Crippen LogP contribution is 2.34. The number of aromatic nitrogens is 3. The van der Waals surface area contributed by atoms with E-state index in [1.807, 2.05) is 24.3 Å². The lowest BCUT2D eigenvalue weighted by atomic mass is 9.93. The van der Waals surface area contributed by atoms with E-state index < -0.39 is 19.2 Å². The third-order valence-corrected chi connectivity index (χ3v) is 4.89. The van der Waals surface area contributed by atoms with E-state index in [0.717, 1.165) is 22.4 Å².